The molecular formula is C15H19N3O2. The van der Waals surface area contributed by atoms with E-state index in [1.54, 1.807) is 17.8 Å². The number of ether oxygens (including phenoxy) is 1. The Morgan fingerprint density at radius 1 is 1.35 bits per heavy atom. The van der Waals surface area contributed by atoms with Gasteiger partial charge in [-0.1, -0.05) is 18.2 Å². The Labute approximate surface area is 118 Å². The average Bonchev–Trinajstić information content (AvgIpc) is 2.83. The van der Waals surface area contributed by atoms with E-state index in [1.807, 2.05) is 44.2 Å². The summed E-state index contributed by atoms with van der Waals surface area (Å²) in [5, 5.41) is 7.60. The maximum Gasteiger partial charge on any atom is 0.343 e. The van der Waals surface area contributed by atoms with Gasteiger partial charge in [-0.05, 0) is 32.9 Å². The lowest BCUT2D eigenvalue weighted by molar-refractivity contribution is 0.0527. The molecule has 0 aliphatic carbocycles. The van der Waals surface area contributed by atoms with Crippen LogP contribution in [0.15, 0.2) is 36.5 Å². The monoisotopic (exact) mass is 273 g/mol. The van der Waals surface area contributed by atoms with Crippen LogP contribution in [0.3, 0.4) is 0 Å². The van der Waals surface area contributed by atoms with Crippen LogP contribution in [0.2, 0.25) is 0 Å². The highest BCUT2D eigenvalue weighted by atomic mass is 16.5. The molecule has 0 unspecified atom stereocenters. The van der Waals surface area contributed by atoms with Gasteiger partial charge in [-0.3, -0.25) is 0 Å². The molecule has 0 saturated carbocycles. The van der Waals surface area contributed by atoms with Gasteiger partial charge in [-0.15, -0.1) is 5.10 Å². The molecule has 0 aliphatic rings. The van der Waals surface area contributed by atoms with Crippen molar-refractivity contribution in [1.29, 1.82) is 0 Å². The number of hydrogen-bond acceptors (Lipinski definition) is 4. The van der Waals surface area contributed by atoms with Gasteiger partial charge in [-0.2, -0.15) is 0 Å². The third kappa shape index (κ3) is 3.17. The molecule has 0 bridgehead atoms. The van der Waals surface area contributed by atoms with Crippen molar-refractivity contribution in [1.82, 2.24) is 9.78 Å². The first kappa shape index (κ1) is 14.1. The third-order valence-corrected chi connectivity index (χ3v) is 2.66. The predicted octanol–water partition coefficient (Wildman–Crippen LogP) is 2.87. The Bertz CT molecular complexity index is 576. The number of esters is 1. The van der Waals surface area contributed by atoms with Crippen molar-refractivity contribution in [2.45, 2.75) is 26.8 Å². The van der Waals surface area contributed by atoms with Gasteiger partial charge >= 0.3 is 5.97 Å². The van der Waals surface area contributed by atoms with Crippen LogP contribution in [0.25, 0.3) is 5.69 Å². The number of nitrogens with zero attached hydrogens (tertiary/aromatic N) is 2. The topological polar surface area (TPSA) is 56.2 Å². The molecule has 106 valence electrons. The second kappa shape index (κ2) is 6.23. The van der Waals surface area contributed by atoms with Crippen LogP contribution in [-0.2, 0) is 4.74 Å². The first-order chi connectivity index (χ1) is 9.61. The second-order valence-corrected chi connectivity index (χ2v) is 4.69. The zero-order valence-corrected chi connectivity index (χ0v) is 12.0. The molecule has 0 fully saturated rings. The predicted molar refractivity (Wildman–Crippen MR) is 78.3 cm³/mol. The van der Waals surface area contributed by atoms with E-state index < -0.39 is 0 Å². The maximum absolute atomic E-state index is 12.0. The van der Waals surface area contributed by atoms with Crippen molar-refractivity contribution in [3.63, 3.8) is 0 Å². The Morgan fingerprint density at radius 2 is 2.05 bits per heavy atom. The van der Waals surface area contributed by atoms with Crippen molar-refractivity contribution in [3.05, 3.63) is 42.1 Å². The first-order valence-corrected chi connectivity index (χ1v) is 6.70. The van der Waals surface area contributed by atoms with Crippen LogP contribution in [0.4, 0.5) is 5.82 Å². The van der Waals surface area contributed by atoms with Gasteiger partial charge in [0.15, 0.2) is 5.82 Å². The fourth-order valence-electron chi connectivity index (χ4n) is 1.83. The minimum Gasteiger partial charge on any atom is -0.462 e. The minimum absolute atomic E-state index is 0.183. The van der Waals surface area contributed by atoms with Gasteiger partial charge in [0.25, 0.3) is 0 Å². The Balaban J connectivity index is 2.39. The van der Waals surface area contributed by atoms with Crippen LogP contribution < -0.4 is 5.32 Å². The summed E-state index contributed by atoms with van der Waals surface area (Å²) in [6, 6.07) is 9.84. The molecular weight excluding hydrogens is 254 g/mol. The molecule has 2 rings (SSSR count). The fourth-order valence-corrected chi connectivity index (χ4v) is 1.83. The van der Waals surface area contributed by atoms with Gasteiger partial charge in [0, 0.05) is 12.2 Å². The van der Waals surface area contributed by atoms with Crippen molar-refractivity contribution in [2.24, 2.45) is 0 Å². The smallest absolute Gasteiger partial charge is 0.343 e. The molecule has 5 heteroatoms. The second-order valence-electron chi connectivity index (χ2n) is 4.69. The quantitative estimate of drug-likeness (QED) is 0.851. The molecule has 0 saturated heterocycles. The van der Waals surface area contributed by atoms with E-state index in [2.05, 4.69) is 10.4 Å². The van der Waals surface area contributed by atoms with Gasteiger partial charge in [0.1, 0.15) is 5.56 Å². The van der Waals surface area contributed by atoms with Gasteiger partial charge in [0.2, 0.25) is 0 Å². The standard InChI is InChI=1S/C15H19N3O2/c1-4-20-15(19)13-10-18(12-8-6-5-7-9-12)17-14(13)16-11(2)3/h5-11H,4H2,1-3H3,(H,16,17). The summed E-state index contributed by atoms with van der Waals surface area (Å²) in [6.45, 7) is 6.12. The van der Waals surface area contributed by atoms with Crippen LogP contribution in [0.1, 0.15) is 31.1 Å². The summed E-state index contributed by atoms with van der Waals surface area (Å²) in [7, 11) is 0. The van der Waals surface area contributed by atoms with Crippen molar-refractivity contribution >= 4 is 11.8 Å². The highest BCUT2D eigenvalue weighted by Gasteiger charge is 2.18. The van der Waals surface area contributed by atoms with Gasteiger partial charge in [-0.25, -0.2) is 9.48 Å². The highest BCUT2D eigenvalue weighted by molar-refractivity contribution is 5.94. The third-order valence-electron chi connectivity index (χ3n) is 2.66. The number of carbonyl (C=O) groups is 1. The number of para-hydroxylation sites is 1. The van der Waals surface area contributed by atoms with Crippen LogP contribution >= 0.6 is 0 Å². The minimum atomic E-state index is -0.363. The first-order valence-electron chi connectivity index (χ1n) is 6.70. The molecule has 0 aliphatic heterocycles. The van der Waals surface area contributed by atoms with Crippen LogP contribution in [0.5, 0.6) is 0 Å². The number of anilines is 1. The molecule has 0 radical (unpaired) electrons. The lowest BCUT2D eigenvalue weighted by Crippen LogP contribution is -2.14. The molecule has 1 N–H and O–H groups in total. The summed E-state index contributed by atoms with van der Waals surface area (Å²) >= 11 is 0. The molecule has 1 heterocycles. The normalized spacial score (nSPS) is 10.6. The van der Waals surface area contributed by atoms with Gasteiger partial charge < -0.3 is 10.1 Å². The lowest BCUT2D eigenvalue weighted by Gasteiger charge is -2.08. The number of carbonyl (C=O) groups excluding carboxylic acids is 1. The molecule has 0 spiro atoms. The largest absolute Gasteiger partial charge is 0.462 e. The molecule has 0 atom stereocenters. The summed E-state index contributed by atoms with van der Waals surface area (Å²) in [5.41, 5.74) is 1.35. The fraction of sp³-hybridized carbons (Fsp3) is 0.333. The van der Waals surface area contributed by atoms with Crippen LogP contribution in [-0.4, -0.2) is 28.4 Å². The zero-order chi connectivity index (χ0) is 14.5. The van der Waals surface area contributed by atoms with E-state index in [4.69, 9.17) is 4.74 Å². The molecule has 0 amide bonds. The van der Waals surface area contributed by atoms with E-state index in [0.29, 0.717) is 18.0 Å². The van der Waals surface area contributed by atoms with E-state index >= 15 is 0 Å². The number of aromatic nitrogens is 2. The molecule has 1 aromatic heterocycles. The molecule has 1 aromatic carbocycles. The Kier molecular flexibility index (Phi) is 4.40. The number of hydrogen-bond donors (Lipinski definition) is 1. The van der Waals surface area contributed by atoms with E-state index in [-0.39, 0.29) is 12.0 Å². The average molecular weight is 273 g/mol. The van der Waals surface area contributed by atoms with Crippen molar-refractivity contribution in [3.8, 4) is 5.69 Å². The number of rotatable bonds is 5. The van der Waals surface area contributed by atoms with E-state index in [0.717, 1.165) is 5.69 Å². The zero-order valence-electron chi connectivity index (χ0n) is 12.0. The lowest BCUT2D eigenvalue weighted by atomic mass is 10.3. The SMILES string of the molecule is CCOC(=O)c1cn(-c2ccccc2)nc1NC(C)C. The van der Waals surface area contributed by atoms with Gasteiger partial charge in [0.05, 0.1) is 12.3 Å². The summed E-state index contributed by atoms with van der Waals surface area (Å²) in [6.07, 6.45) is 1.69. The molecule has 2 aromatic rings. The number of nitrogens with one attached hydrogen (secondary N) is 1. The number of benzene rings is 1. The summed E-state index contributed by atoms with van der Waals surface area (Å²) in [4.78, 5) is 12.0. The van der Waals surface area contributed by atoms with Crippen molar-refractivity contribution in [2.75, 3.05) is 11.9 Å². The maximum atomic E-state index is 12.0. The molecule has 20 heavy (non-hydrogen) atoms. The Hall–Kier alpha value is -2.30. The molecule has 5 nitrogen and oxygen atoms in total. The summed E-state index contributed by atoms with van der Waals surface area (Å²) < 4.78 is 6.74. The van der Waals surface area contributed by atoms with E-state index in [1.165, 1.54) is 0 Å². The van der Waals surface area contributed by atoms with E-state index in [9.17, 15) is 4.79 Å². The highest BCUT2D eigenvalue weighted by Crippen LogP contribution is 2.18. The summed E-state index contributed by atoms with van der Waals surface area (Å²) in [5.74, 6) is 0.181. The van der Waals surface area contributed by atoms with Crippen molar-refractivity contribution < 1.29 is 9.53 Å². The van der Waals surface area contributed by atoms with Crippen LogP contribution in [0, 0.1) is 0 Å². The Morgan fingerprint density at radius 3 is 2.65 bits per heavy atom.